The Kier molecular flexibility index (Phi) is 2.89. The number of pyridine rings is 2. The number of nitrogens with zero attached hydrogens (tertiary/aromatic N) is 3. The van der Waals surface area contributed by atoms with E-state index in [0.29, 0.717) is 24.1 Å². The van der Waals surface area contributed by atoms with E-state index in [1.54, 1.807) is 18.5 Å². The number of amides is 2. The molecule has 0 aromatic carbocycles. The highest BCUT2D eigenvalue weighted by atomic mass is 16.2. The Morgan fingerprint density at radius 3 is 2.87 bits per heavy atom. The summed E-state index contributed by atoms with van der Waals surface area (Å²) in [6.45, 7) is 2.59. The second kappa shape index (κ2) is 5.10. The molecule has 4 fully saturated rings. The maximum absolute atomic E-state index is 13.3. The lowest BCUT2D eigenvalue weighted by Gasteiger charge is -2.79. The van der Waals surface area contributed by atoms with Gasteiger partial charge in [-0.05, 0) is 74.6 Å². The van der Waals surface area contributed by atoms with Gasteiger partial charge >= 0.3 is 0 Å². The van der Waals surface area contributed by atoms with Crippen LogP contribution in [0.5, 0.6) is 0 Å². The normalized spacial score (nSPS) is 39.2. The van der Waals surface area contributed by atoms with Crippen LogP contribution in [0.2, 0.25) is 0 Å². The largest absolute Gasteiger partial charge is 0.345 e. The van der Waals surface area contributed by atoms with Crippen LogP contribution in [-0.4, -0.2) is 37.8 Å². The van der Waals surface area contributed by atoms with Crippen LogP contribution in [0.1, 0.15) is 64.2 Å². The van der Waals surface area contributed by atoms with Crippen molar-refractivity contribution < 1.29 is 9.59 Å². The fourth-order valence-electron chi connectivity index (χ4n) is 8.40. The van der Waals surface area contributed by atoms with Gasteiger partial charge in [-0.3, -0.25) is 14.6 Å². The van der Waals surface area contributed by atoms with Gasteiger partial charge in [-0.1, -0.05) is 6.07 Å². The zero-order valence-electron chi connectivity index (χ0n) is 17.0. The highest BCUT2D eigenvalue weighted by Gasteiger charge is 2.88. The molecule has 6 heteroatoms. The molecule has 5 atom stereocenters. The molecule has 7 rings (SSSR count). The van der Waals surface area contributed by atoms with Gasteiger partial charge in [0, 0.05) is 35.6 Å². The summed E-state index contributed by atoms with van der Waals surface area (Å²) in [6, 6.07) is 7.57. The van der Waals surface area contributed by atoms with Gasteiger partial charge in [-0.2, -0.15) is 0 Å². The van der Waals surface area contributed by atoms with Crippen molar-refractivity contribution in [2.24, 2.45) is 17.3 Å². The Morgan fingerprint density at radius 1 is 1.17 bits per heavy atom. The maximum atomic E-state index is 13.3. The molecule has 30 heavy (non-hydrogen) atoms. The summed E-state index contributed by atoms with van der Waals surface area (Å²) in [5.74, 6) is 1.26. The van der Waals surface area contributed by atoms with E-state index in [1.165, 1.54) is 0 Å². The minimum Gasteiger partial charge on any atom is -0.345 e. The van der Waals surface area contributed by atoms with Crippen LogP contribution in [0, 0.1) is 24.2 Å². The first-order chi connectivity index (χ1) is 14.5. The Labute approximate surface area is 175 Å². The Hall–Kier alpha value is -2.76. The average molecular weight is 400 g/mol. The first kappa shape index (κ1) is 17.0. The number of carbonyl (C=O) groups is 2. The molecule has 6 nitrogen and oxygen atoms in total. The van der Waals surface area contributed by atoms with Crippen LogP contribution in [0.15, 0.2) is 36.7 Å². The molecule has 3 heterocycles. The van der Waals surface area contributed by atoms with Crippen molar-refractivity contribution in [2.75, 3.05) is 0 Å². The van der Waals surface area contributed by atoms with Crippen molar-refractivity contribution in [1.29, 1.82) is 0 Å². The van der Waals surface area contributed by atoms with Crippen LogP contribution in [0.25, 0.3) is 0 Å². The lowest BCUT2D eigenvalue weighted by Crippen LogP contribution is -2.86. The molecule has 1 N–H and O–H groups in total. The quantitative estimate of drug-likeness (QED) is 0.860. The summed E-state index contributed by atoms with van der Waals surface area (Å²) in [5.41, 5.74) is 2.93. The molecule has 5 unspecified atom stereocenters. The smallest absolute Gasteiger partial charge is 0.270 e. The maximum Gasteiger partial charge on any atom is 0.270 e. The molecule has 0 radical (unpaired) electrons. The molecule has 4 aliphatic carbocycles. The van der Waals surface area contributed by atoms with Crippen LogP contribution in [-0.2, 0) is 6.54 Å². The number of carbonyl (C=O) groups excluding carboxylic acids is 2. The molecule has 5 aliphatic rings. The summed E-state index contributed by atoms with van der Waals surface area (Å²) in [7, 11) is 0. The van der Waals surface area contributed by atoms with Gasteiger partial charge in [-0.15, -0.1) is 0 Å². The number of hydrogen-bond donors (Lipinski definition) is 1. The summed E-state index contributed by atoms with van der Waals surface area (Å²) in [4.78, 5) is 37.2. The number of rotatable bonds is 3. The van der Waals surface area contributed by atoms with E-state index >= 15 is 0 Å². The Balaban J connectivity index is 1.24. The van der Waals surface area contributed by atoms with Gasteiger partial charge in [-0.25, -0.2) is 4.98 Å². The van der Waals surface area contributed by atoms with Gasteiger partial charge in [0.2, 0.25) is 0 Å². The summed E-state index contributed by atoms with van der Waals surface area (Å²) in [5, 5.41) is 3.45. The monoisotopic (exact) mass is 400 g/mol. The predicted octanol–water partition coefficient (Wildman–Crippen LogP) is 2.87. The molecule has 152 valence electrons. The number of aromatic nitrogens is 2. The van der Waals surface area contributed by atoms with Gasteiger partial charge in [0.15, 0.2) is 0 Å². The molecule has 2 amide bonds. The van der Waals surface area contributed by atoms with E-state index in [1.807, 2.05) is 25.1 Å². The van der Waals surface area contributed by atoms with Crippen LogP contribution in [0.4, 0.5) is 0 Å². The van der Waals surface area contributed by atoms with Gasteiger partial charge in [0.05, 0.1) is 11.1 Å². The summed E-state index contributed by atoms with van der Waals surface area (Å²) < 4.78 is 0. The van der Waals surface area contributed by atoms with E-state index in [4.69, 9.17) is 0 Å². The molecule has 1 aliphatic heterocycles. The van der Waals surface area contributed by atoms with E-state index in [-0.39, 0.29) is 28.3 Å². The summed E-state index contributed by atoms with van der Waals surface area (Å²) >= 11 is 0. The average Bonchev–Trinajstić information content (AvgIpc) is 3.31. The standard InChI is InChI=1S/C24H24N4O2/c1-14-3-2-4-19(26-14)20(29)27-22-7-15-8-23(11-17(10-22)24(22,23)9-15)28-13-16-5-6-25-12-18(16)21(28)30/h2-6,12,15,17H,7-11,13H2,1H3,(H,27,29). The van der Waals surface area contributed by atoms with E-state index < -0.39 is 0 Å². The second-order valence-electron chi connectivity index (χ2n) is 10.2. The lowest BCUT2D eigenvalue weighted by molar-refractivity contribution is -0.260. The highest BCUT2D eigenvalue weighted by Crippen LogP contribution is 2.85. The van der Waals surface area contributed by atoms with Crippen molar-refractivity contribution in [3.63, 3.8) is 0 Å². The summed E-state index contributed by atoms with van der Waals surface area (Å²) in [6.07, 6.45) is 8.87. The van der Waals surface area contributed by atoms with Crippen LogP contribution in [0.3, 0.4) is 0 Å². The zero-order chi connectivity index (χ0) is 20.3. The van der Waals surface area contributed by atoms with Crippen molar-refractivity contribution in [3.05, 3.63) is 59.2 Å². The van der Waals surface area contributed by atoms with Gasteiger partial charge in [0.25, 0.3) is 11.8 Å². The van der Waals surface area contributed by atoms with Gasteiger partial charge in [0.1, 0.15) is 5.69 Å². The number of aryl methyl sites for hydroxylation is 1. The molecule has 2 aromatic rings. The number of nitrogens with one attached hydrogen (secondary N) is 1. The van der Waals surface area contributed by atoms with E-state index in [2.05, 4.69) is 20.2 Å². The highest BCUT2D eigenvalue weighted by molar-refractivity contribution is 5.99. The predicted molar refractivity (Wildman–Crippen MR) is 109 cm³/mol. The first-order valence-corrected chi connectivity index (χ1v) is 11.0. The minimum atomic E-state index is -0.186. The number of hydrogen-bond acceptors (Lipinski definition) is 4. The third-order valence-electron chi connectivity index (χ3n) is 9.14. The Bertz CT molecular complexity index is 1150. The number of fused-ring (bicyclic) bond motifs is 2. The third-order valence-corrected chi connectivity index (χ3v) is 9.14. The van der Waals surface area contributed by atoms with E-state index in [0.717, 1.165) is 48.9 Å². The van der Waals surface area contributed by atoms with Crippen LogP contribution >= 0.6 is 0 Å². The SMILES string of the molecule is Cc1cccc(C(=O)NC23CC4CC5(N6Cc7ccncc7C6=O)CC(C2)C35C4)n1. The fourth-order valence-corrected chi connectivity index (χ4v) is 8.40. The molecule has 4 saturated carbocycles. The molecule has 0 saturated heterocycles. The molecule has 2 bridgehead atoms. The fraction of sp³-hybridized carbons (Fsp3) is 0.500. The Morgan fingerprint density at radius 2 is 2.07 bits per heavy atom. The molecule has 1 spiro atoms. The second-order valence-corrected chi connectivity index (χ2v) is 10.2. The van der Waals surface area contributed by atoms with Crippen molar-refractivity contribution in [1.82, 2.24) is 20.2 Å². The minimum absolute atomic E-state index is 0.0370. The van der Waals surface area contributed by atoms with Gasteiger partial charge < -0.3 is 10.2 Å². The first-order valence-electron chi connectivity index (χ1n) is 11.0. The molecule has 2 aromatic heterocycles. The van der Waals surface area contributed by atoms with Crippen LogP contribution < -0.4 is 5.32 Å². The lowest BCUT2D eigenvalue weighted by atomic mass is 9.31. The topological polar surface area (TPSA) is 75.2 Å². The molecular formula is C24H24N4O2. The van der Waals surface area contributed by atoms with Crippen molar-refractivity contribution >= 4 is 11.8 Å². The van der Waals surface area contributed by atoms with Crippen molar-refractivity contribution in [2.45, 2.75) is 56.7 Å². The zero-order valence-corrected chi connectivity index (χ0v) is 17.0. The van der Waals surface area contributed by atoms with E-state index in [9.17, 15) is 9.59 Å². The van der Waals surface area contributed by atoms with Crippen molar-refractivity contribution in [3.8, 4) is 0 Å². The molecular weight excluding hydrogens is 376 g/mol. The third kappa shape index (κ3) is 1.67.